The molecule has 0 bridgehead atoms. The van der Waals surface area contributed by atoms with Crippen LogP contribution >= 0.6 is 0 Å². The molecule has 1 amide bonds. The van der Waals surface area contributed by atoms with Gasteiger partial charge in [0.15, 0.2) is 6.61 Å². The van der Waals surface area contributed by atoms with Gasteiger partial charge in [0.2, 0.25) is 0 Å². The van der Waals surface area contributed by atoms with Crippen LogP contribution in [0.25, 0.3) is 0 Å². The van der Waals surface area contributed by atoms with Gasteiger partial charge in [0.25, 0.3) is 11.6 Å². The average Bonchev–Trinajstić information content (AvgIpc) is 2.81. The van der Waals surface area contributed by atoms with Crippen molar-refractivity contribution in [2.45, 2.75) is 6.54 Å². The standard InChI is InChI=1S/C21H23N3O7/c1-29-17-5-2-15(3-6-17)13-22-20(25)14-31-21(26)18-12-16(24(27)28)4-7-19(18)23-8-10-30-11-9-23/h2-7,12H,8-11,13-14H2,1H3,(H,22,25). The van der Waals surface area contributed by atoms with Crippen molar-refractivity contribution in [3.63, 3.8) is 0 Å². The molecular formula is C21H23N3O7. The number of amides is 1. The smallest absolute Gasteiger partial charge is 0.341 e. The maximum atomic E-state index is 12.6. The van der Waals surface area contributed by atoms with E-state index in [0.717, 1.165) is 5.56 Å². The van der Waals surface area contributed by atoms with E-state index >= 15 is 0 Å². The van der Waals surface area contributed by atoms with Crippen LogP contribution in [0.3, 0.4) is 0 Å². The number of nitrogens with zero attached hydrogens (tertiary/aromatic N) is 2. The number of methoxy groups -OCH3 is 1. The molecule has 0 aromatic heterocycles. The van der Waals surface area contributed by atoms with E-state index in [1.54, 1.807) is 19.2 Å². The van der Waals surface area contributed by atoms with E-state index in [2.05, 4.69) is 5.32 Å². The molecule has 1 heterocycles. The second-order valence-electron chi connectivity index (χ2n) is 6.76. The third-order valence-electron chi connectivity index (χ3n) is 4.75. The van der Waals surface area contributed by atoms with Crippen molar-refractivity contribution in [1.29, 1.82) is 0 Å². The summed E-state index contributed by atoms with van der Waals surface area (Å²) in [6.45, 7) is 1.82. The van der Waals surface area contributed by atoms with Gasteiger partial charge in [-0.2, -0.15) is 0 Å². The monoisotopic (exact) mass is 429 g/mol. The van der Waals surface area contributed by atoms with Gasteiger partial charge < -0.3 is 24.4 Å². The summed E-state index contributed by atoms with van der Waals surface area (Å²) in [5, 5.41) is 13.8. The van der Waals surface area contributed by atoms with Crippen LogP contribution in [-0.4, -0.2) is 56.8 Å². The Kier molecular flexibility index (Phi) is 7.39. The predicted molar refractivity (Wildman–Crippen MR) is 111 cm³/mol. The number of benzene rings is 2. The number of nitro benzene ring substituents is 1. The Balaban J connectivity index is 1.62. The first-order valence-corrected chi connectivity index (χ1v) is 9.66. The summed E-state index contributed by atoms with van der Waals surface area (Å²) in [6.07, 6.45) is 0. The number of morpholine rings is 1. The van der Waals surface area contributed by atoms with Crippen LogP contribution in [-0.2, 0) is 20.8 Å². The summed E-state index contributed by atoms with van der Waals surface area (Å²) >= 11 is 0. The van der Waals surface area contributed by atoms with Crippen LogP contribution in [0.4, 0.5) is 11.4 Å². The van der Waals surface area contributed by atoms with Crippen LogP contribution in [0.15, 0.2) is 42.5 Å². The van der Waals surface area contributed by atoms with Crippen molar-refractivity contribution < 1.29 is 28.7 Å². The van der Waals surface area contributed by atoms with Crippen molar-refractivity contribution in [3.8, 4) is 5.75 Å². The minimum absolute atomic E-state index is 0.0408. The summed E-state index contributed by atoms with van der Waals surface area (Å²) in [4.78, 5) is 37.2. The minimum atomic E-state index is -0.801. The van der Waals surface area contributed by atoms with Gasteiger partial charge in [-0.1, -0.05) is 12.1 Å². The Morgan fingerprint density at radius 3 is 2.52 bits per heavy atom. The third-order valence-corrected chi connectivity index (χ3v) is 4.75. The molecule has 10 heteroatoms. The summed E-state index contributed by atoms with van der Waals surface area (Å²) in [5.41, 5.74) is 1.18. The molecule has 0 spiro atoms. The first kappa shape index (κ1) is 22.0. The molecule has 2 aromatic rings. The number of hydrogen-bond donors (Lipinski definition) is 1. The molecule has 10 nitrogen and oxygen atoms in total. The highest BCUT2D eigenvalue weighted by Crippen LogP contribution is 2.27. The minimum Gasteiger partial charge on any atom is -0.497 e. The highest BCUT2D eigenvalue weighted by Gasteiger charge is 2.23. The van der Waals surface area contributed by atoms with E-state index in [1.165, 1.54) is 18.2 Å². The summed E-state index contributed by atoms with van der Waals surface area (Å²) in [5.74, 6) is -0.579. The Hall–Kier alpha value is -3.66. The fourth-order valence-electron chi connectivity index (χ4n) is 3.09. The van der Waals surface area contributed by atoms with Gasteiger partial charge in [0.1, 0.15) is 5.75 Å². The molecule has 31 heavy (non-hydrogen) atoms. The van der Waals surface area contributed by atoms with Gasteiger partial charge in [-0.05, 0) is 23.8 Å². The molecule has 1 N–H and O–H groups in total. The van der Waals surface area contributed by atoms with Crippen molar-refractivity contribution in [2.75, 3.05) is 44.9 Å². The molecule has 1 aliphatic rings. The van der Waals surface area contributed by atoms with Gasteiger partial charge in [0, 0.05) is 31.8 Å². The molecule has 1 saturated heterocycles. The van der Waals surface area contributed by atoms with Crippen molar-refractivity contribution in [2.24, 2.45) is 0 Å². The molecule has 0 atom stereocenters. The SMILES string of the molecule is COc1ccc(CNC(=O)COC(=O)c2cc([N+](=O)[O-])ccc2N2CCOCC2)cc1. The number of hydrogen-bond acceptors (Lipinski definition) is 8. The number of non-ortho nitro benzene ring substituents is 1. The number of ether oxygens (including phenoxy) is 3. The lowest BCUT2D eigenvalue weighted by molar-refractivity contribution is -0.384. The fraction of sp³-hybridized carbons (Fsp3) is 0.333. The number of nitro groups is 1. The van der Waals surface area contributed by atoms with Crippen LogP contribution in [0.1, 0.15) is 15.9 Å². The third kappa shape index (κ3) is 5.92. The quantitative estimate of drug-likeness (QED) is 0.384. The lowest BCUT2D eigenvalue weighted by atomic mass is 10.1. The zero-order valence-corrected chi connectivity index (χ0v) is 17.0. The summed E-state index contributed by atoms with van der Waals surface area (Å²) in [6, 6.07) is 11.2. The highest BCUT2D eigenvalue weighted by molar-refractivity contribution is 5.97. The average molecular weight is 429 g/mol. The van der Waals surface area contributed by atoms with E-state index in [1.807, 2.05) is 17.0 Å². The number of esters is 1. The van der Waals surface area contributed by atoms with Crippen LogP contribution < -0.4 is 15.0 Å². The molecule has 0 aliphatic carbocycles. The van der Waals surface area contributed by atoms with Gasteiger partial charge in [-0.15, -0.1) is 0 Å². The molecular weight excluding hydrogens is 406 g/mol. The van der Waals surface area contributed by atoms with Crippen molar-refractivity contribution in [1.82, 2.24) is 5.32 Å². The number of anilines is 1. The zero-order valence-electron chi connectivity index (χ0n) is 17.0. The zero-order chi connectivity index (χ0) is 22.2. The second kappa shape index (κ2) is 10.4. The van der Waals surface area contributed by atoms with E-state index in [-0.39, 0.29) is 17.8 Å². The van der Waals surface area contributed by atoms with Gasteiger partial charge in [0.05, 0.1) is 36.5 Å². The molecule has 2 aromatic carbocycles. The summed E-state index contributed by atoms with van der Waals surface area (Å²) in [7, 11) is 1.57. The lowest BCUT2D eigenvalue weighted by Crippen LogP contribution is -2.37. The van der Waals surface area contributed by atoms with Crippen molar-refractivity contribution in [3.05, 3.63) is 63.7 Å². The maximum absolute atomic E-state index is 12.6. The molecule has 1 aliphatic heterocycles. The van der Waals surface area contributed by atoms with Crippen LogP contribution in [0.5, 0.6) is 5.75 Å². The molecule has 164 valence electrons. The molecule has 0 unspecified atom stereocenters. The highest BCUT2D eigenvalue weighted by atomic mass is 16.6. The van der Waals surface area contributed by atoms with Crippen LogP contribution in [0.2, 0.25) is 0 Å². The van der Waals surface area contributed by atoms with E-state index in [4.69, 9.17) is 14.2 Å². The Labute approximate surface area is 178 Å². The lowest BCUT2D eigenvalue weighted by Gasteiger charge is -2.30. The molecule has 0 saturated carbocycles. The second-order valence-corrected chi connectivity index (χ2v) is 6.76. The fourth-order valence-corrected chi connectivity index (χ4v) is 3.09. The van der Waals surface area contributed by atoms with Gasteiger partial charge >= 0.3 is 5.97 Å². The first-order chi connectivity index (χ1) is 15.0. The van der Waals surface area contributed by atoms with Crippen LogP contribution in [0, 0.1) is 10.1 Å². The number of rotatable bonds is 8. The van der Waals surface area contributed by atoms with Gasteiger partial charge in [-0.25, -0.2) is 4.79 Å². The van der Waals surface area contributed by atoms with E-state index in [9.17, 15) is 19.7 Å². The maximum Gasteiger partial charge on any atom is 0.341 e. The van der Waals surface area contributed by atoms with Gasteiger partial charge in [-0.3, -0.25) is 14.9 Å². The topological polar surface area (TPSA) is 120 Å². The largest absolute Gasteiger partial charge is 0.497 e. The molecule has 3 rings (SSSR count). The Bertz CT molecular complexity index is 940. The molecule has 0 radical (unpaired) electrons. The number of carbonyl (C=O) groups is 2. The van der Waals surface area contributed by atoms with E-state index in [0.29, 0.717) is 37.7 Å². The Morgan fingerprint density at radius 2 is 1.87 bits per heavy atom. The summed E-state index contributed by atoms with van der Waals surface area (Å²) < 4.78 is 15.5. The van der Waals surface area contributed by atoms with E-state index < -0.39 is 23.4 Å². The number of carbonyl (C=O) groups excluding carboxylic acids is 2. The molecule has 1 fully saturated rings. The predicted octanol–water partition coefficient (Wildman–Crippen LogP) is 1.91. The Morgan fingerprint density at radius 1 is 1.16 bits per heavy atom. The van der Waals surface area contributed by atoms with Crippen molar-refractivity contribution >= 4 is 23.3 Å². The first-order valence-electron chi connectivity index (χ1n) is 9.66. The normalized spacial score (nSPS) is 13.4. The number of nitrogens with one attached hydrogen (secondary N) is 1.